The molecule has 27 heavy (non-hydrogen) atoms. The van der Waals surface area contributed by atoms with Crippen molar-refractivity contribution in [1.82, 2.24) is 15.3 Å². The highest BCUT2D eigenvalue weighted by Crippen LogP contribution is 2.33. The molecule has 0 spiro atoms. The van der Waals surface area contributed by atoms with Crippen LogP contribution in [0.2, 0.25) is 5.02 Å². The maximum absolute atomic E-state index is 12.7. The summed E-state index contributed by atoms with van der Waals surface area (Å²) in [4.78, 5) is 12.7. The Kier molecular flexibility index (Phi) is 4.51. The van der Waals surface area contributed by atoms with E-state index in [9.17, 15) is 4.79 Å². The third kappa shape index (κ3) is 3.49. The molecule has 1 unspecified atom stereocenters. The molecule has 3 heterocycles. The molecule has 2 aromatic heterocycles. The van der Waals surface area contributed by atoms with Gasteiger partial charge < -0.3 is 14.9 Å². The molecule has 1 aliphatic rings. The van der Waals surface area contributed by atoms with Gasteiger partial charge in [-0.05, 0) is 46.7 Å². The first kappa shape index (κ1) is 17.1. The van der Waals surface area contributed by atoms with Gasteiger partial charge >= 0.3 is 0 Å². The molecule has 3 aromatic rings. The smallest absolute Gasteiger partial charge is 0.281 e. The molecule has 10 heteroatoms. The Bertz CT molecular complexity index is 968. The third-order valence-electron chi connectivity index (χ3n) is 4.00. The van der Waals surface area contributed by atoms with Crippen molar-refractivity contribution < 1.29 is 18.6 Å². The van der Waals surface area contributed by atoms with Gasteiger partial charge in [-0.1, -0.05) is 11.6 Å². The summed E-state index contributed by atoms with van der Waals surface area (Å²) in [6.07, 6.45) is 1.89. The van der Waals surface area contributed by atoms with Crippen molar-refractivity contribution in [3.63, 3.8) is 0 Å². The average Bonchev–Trinajstić information content (AvgIpc) is 3.40. The summed E-state index contributed by atoms with van der Waals surface area (Å²) in [6, 6.07) is 9.80. The monoisotopic (exact) mass is 387 g/mol. The van der Waals surface area contributed by atoms with Gasteiger partial charge in [-0.15, -0.1) is 0 Å². The van der Waals surface area contributed by atoms with E-state index in [2.05, 4.69) is 20.0 Å². The molecule has 1 atom stereocenters. The zero-order valence-corrected chi connectivity index (χ0v) is 14.7. The lowest BCUT2D eigenvalue weighted by molar-refractivity contribution is -0.135. The van der Waals surface area contributed by atoms with Crippen molar-refractivity contribution in [3.8, 4) is 5.75 Å². The zero-order chi connectivity index (χ0) is 18.8. The number of carbonyl (C=O) groups excluding carboxylic acids is 1. The van der Waals surface area contributed by atoms with Gasteiger partial charge in [-0.25, -0.2) is 9.64 Å². The van der Waals surface area contributed by atoms with Gasteiger partial charge in [-0.2, -0.15) is 5.10 Å². The summed E-state index contributed by atoms with van der Waals surface area (Å²) in [5.74, 6) is 0.870. The first-order valence-electron chi connectivity index (χ1n) is 8.01. The van der Waals surface area contributed by atoms with Crippen LogP contribution in [0.25, 0.3) is 0 Å². The molecular weight excluding hydrogens is 374 g/mol. The number of hydrogen-bond donors (Lipinski definition) is 1. The van der Waals surface area contributed by atoms with Crippen LogP contribution in [0.5, 0.6) is 5.75 Å². The Morgan fingerprint density at radius 2 is 2.11 bits per heavy atom. The van der Waals surface area contributed by atoms with Crippen LogP contribution in [0, 0.1) is 0 Å². The Balaban J connectivity index is 1.54. The Hall–Kier alpha value is -3.33. The molecule has 0 fully saturated rings. The van der Waals surface area contributed by atoms with Crippen molar-refractivity contribution in [3.05, 3.63) is 59.1 Å². The van der Waals surface area contributed by atoms with E-state index in [1.54, 1.807) is 36.4 Å². The van der Waals surface area contributed by atoms with Crippen molar-refractivity contribution in [2.24, 2.45) is 5.10 Å². The summed E-state index contributed by atoms with van der Waals surface area (Å²) in [7, 11) is 0. The van der Waals surface area contributed by atoms with Gasteiger partial charge in [0.2, 0.25) is 0 Å². The Labute approximate surface area is 158 Å². The number of aromatic nitrogens is 2. The Morgan fingerprint density at radius 3 is 2.78 bits per heavy atom. The maximum Gasteiger partial charge on any atom is 0.281 e. The predicted molar refractivity (Wildman–Crippen MR) is 95.1 cm³/mol. The molecule has 9 nitrogen and oxygen atoms in total. The molecule has 1 amide bonds. The number of hydrazone groups is 1. The van der Waals surface area contributed by atoms with Gasteiger partial charge in [-0.3, -0.25) is 4.79 Å². The molecule has 1 aliphatic heterocycles. The van der Waals surface area contributed by atoms with E-state index in [0.29, 0.717) is 34.4 Å². The normalized spacial score (nSPS) is 16.4. The predicted octanol–water partition coefficient (Wildman–Crippen LogP) is 2.65. The number of rotatable bonds is 5. The molecule has 138 valence electrons. The molecule has 0 bridgehead atoms. The van der Waals surface area contributed by atoms with Gasteiger partial charge in [0, 0.05) is 11.4 Å². The van der Waals surface area contributed by atoms with E-state index in [0.717, 1.165) is 0 Å². The lowest BCUT2D eigenvalue weighted by Crippen LogP contribution is -2.31. The average molecular weight is 388 g/mol. The zero-order valence-electron chi connectivity index (χ0n) is 13.9. The lowest BCUT2D eigenvalue weighted by atomic mass is 10.1. The number of amides is 1. The summed E-state index contributed by atoms with van der Waals surface area (Å²) < 4.78 is 15.6. The summed E-state index contributed by atoms with van der Waals surface area (Å²) in [5.41, 5.74) is 6.53. The second kappa shape index (κ2) is 7.12. The fourth-order valence-corrected chi connectivity index (χ4v) is 2.85. The number of anilines is 1. The minimum atomic E-state index is -0.438. The summed E-state index contributed by atoms with van der Waals surface area (Å²) >= 11 is 5.84. The summed E-state index contributed by atoms with van der Waals surface area (Å²) in [6.45, 7) is -0.206. The maximum atomic E-state index is 12.7. The molecule has 0 saturated heterocycles. The largest absolute Gasteiger partial charge is 0.484 e. The molecule has 2 N–H and O–H groups in total. The SMILES string of the molecule is Nc1nonc1C1=NN(C(=O)COc2ccc(Cl)cc2)C(c2ccco2)C1. The summed E-state index contributed by atoms with van der Waals surface area (Å²) in [5, 5.41) is 13.5. The highest BCUT2D eigenvalue weighted by atomic mass is 35.5. The number of nitrogens with zero attached hydrogens (tertiary/aromatic N) is 4. The fraction of sp³-hybridized carbons (Fsp3) is 0.176. The number of benzene rings is 1. The Morgan fingerprint density at radius 1 is 1.30 bits per heavy atom. The van der Waals surface area contributed by atoms with Crippen LogP contribution >= 0.6 is 11.6 Å². The minimum Gasteiger partial charge on any atom is -0.484 e. The third-order valence-corrected chi connectivity index (χ3v) is 4.25. The van der Waals surface area contributed by atoms with Crippen molar-refractivity contribution in [2.75, 3.05) is 12.3 Å². The second-order valence-corrected chi connectivity index (χ2v) is 6.20. The molecule has 0 aliphatic carbocycles. The fourth-order valence-electron chi connectivity index (χ4n) is 2.72. The van der Waals surface area contributed by atoms with Gasteiger partial charge in [0.1, 0.15) is 17.6 Å². The highest BCUT2D eigenvalue weighted by molar-refractivity contribution is 6.30. The first-order valence-corrected chi connectivity index (χ1v) is 8.39. The topological polar surface area (TPSA) is 120 Å². The minimum absolute atomic E-state index is 0.110. The van der Waals surface area contributed by atoms with E-state index >= 15 is 0 Å². The van der Waals surface area contributed by atoms with Crippen LogP contribution in [0.4, 0.5) is 5.82 Å². The van der Waals surface area contributed by atoms with E-state index in [4.69, 9.17) is 26.5 Å². The van der Waals surface area contributed by atoms with E-state index in [1.807, 2.05) is 0 Å². The number of nitrogen functional groups attached to an aromatic ring is 1. The van der Waals surface area contributed by atoms with Crippen molar-refractivity contribution in [2.45, 2.75) is 12.5 Å². The first-order chi connectivity index (χ1) is 13.1. The lowest BCUT2D eigenvalue weighted by Gasteiger charge is -2.20. The van der Waals surface area contributed by atoms with Gasteiger partial charge in [0.15, 0.2) is 18.1 Å². The van der Waals surface area contributed by atoms with E-state index < -0.39 is 6.04 Å². The molecule has 4 rings (SSSR count). The van der Waals surface area contributed by atoms with Crippen LogP contribution in [0.15, 0.2) is 56.8 Å². The van der Waals surface area contributed by atoms with Gasteiger partial charge in [0.05, 0.1) is 12.0 Å². The van der Waals surface area contributed by atoms with Crippen LogP contribution in [-0.4, -0.2) is 33.5 Å². The quantitative estimate of drug-likeness (QED) is 0.714. The number of ether oxygens (including phenoxy) is 1. The number of furan rings is 1. The van der Waals surface area contributed by atoms with Crippen LogP contribution < -0.4 is 10.5 Å². The van der Waals surface area contributed by atoms with E-state index in [1.165, 1.54) is 11.3 Å². The molecule has 0 saturated carbocycles. The number of halogens is 1. The second-order valence-electron chi connectivity index (χ2n) is 5.76. The molecule has 1 aromatic carbocycles. The van der Waals surface area contributed by atoms with Crippen molar-refractivity contribution in [1.29, 1.82) is 0 Å². The van der Waals surface area contributed by atoms with Gasteiger partial charge in [0.25, 0.3) is 5.91 Å². The van der Waals surface area contributed by atoms with Crippen LogP contribution in [0.3, 0.4) is 0 Å². The van der Waals surface area contributed by atoms with E-state index in [-0.39, 0.29) is 18.3 Å². The number of carbonyl (C=O) groups is 1. The number of hydrogen-bond acceptors (Lipinski definition) is 8. The van der Waals surface area contributed by atoms with Crippen LogP contribution in [0.1, 0.15) is 23.9 Å². The molecule has 0 radical (unpaired) electrons. The molecular formula is C17H14ClN5O4. The standard InChI is InChI=1S/C17H14ClN5O4/c18-10-3-5-11(6-4-10)26-9-15(24)23-13(14-2-1-7-25-14)8-12(20-23)16-17(19)22-27-21-16/h1-7,13H,8-9H2,(H2,19,22). The number of nitrogens with two attached hydrogens (primary N) is 1. The van der Waals surface area contributed by atoms with Crippen LogP contribution in [-0.2, 0) is 4.79 Å². The van der Waals surface area contributed by atoms with Crippen molar-refractivity contribution >= 4 is 29.0 Å². The highest BCUT2D eigenvalue weighted by Gasteiger charge is 2.36.